The molecule has 1 fully saturated rings. The Kier molecular flexibility index (Phi) is 4.82. The minimum absolute atomic E-state index is 0.583. The summed E-state index contributed by atoms with van der Waals surface area (Å²) in [5, 5.41) is 0. The number of nitrogens with two attached hydrogens (primary N) is 1. The van der Waals surface area contributed by atoms with Crippen LogP contribution in [0.2, 0.25) is 0 Å². The first kappa shape index (κ1) is 11.9. The summed E-state index contributed by atoms with van der Waals surface area (Å²) in [6.45, 7) is 7.01. The van der Waals surface area contributed by atoms with Crippen molar-refractivity contribution in [2.24, 2.45) is 11.7 Å². The van der Waals surface area contributed by atoms with Crippen molar-refractivity contribution in [3.63, 3.8) is 0 Å². The highest BCUT2D eigenvalue weighted by molar-refractivity contribution is 7.80. The van der Waals surface area contributed by atoms with E-state index in [0.29, 0.717) is 11.0 Å². The first-order chi connectivity index (χ1) is 6.63. The van der Waals surface area contributed by atoms with Crippen LogP contribution in [0.15, 0.2) is 0 Å². The van der Waals surface area contributed by atoms with Gasteiger partial charge in [0.05, 0.1) is 4.99 Å². The van der Waals surface area contributed by atoms with Gasteiger partial charge in [-0.1, -0.05) is 26.1 Å². The van der Waals surface area contributed by atoms with Gasteiger partial charge >= 0.3 is 0 Å². The lowest BCUT2D eigenvalue weighted by Crippen LogP contribution is -2.42. The second-order valence-electron chi connectivity index (χ2n) is 4.45. The molecule has 0 spiro atoms. The van der Waals surface area contributed by atoms with Crippen LogP contribution in [0.3, 0.4) is 0 Å². The lowest BCUT2D eigenvalue weighted by atomic mass is 9.96. The molecule has 0 aromatic carbocycles. The van der Waals surface area contributed by atoms with E-state index in [2.05, 4.69) is 18.7 Å². The molecule has 0 saturated carbocycles. The Hall–Kier alpha value is -0.150. The van der Waals surface area contributed by atoms with E-state index >= 15 is 0 Å². The Balaban J connectivity index is 2.40. The summed E-state index contributed by atoms with van der Waals surface area (Å²) in [7, 11) is 0. The molecule has 1 aliphatic heterocycles. The minimum Gasteiger partial charge on any atom is -0.393 e. The number of nitrogens with zero attached hydrogens (tertiary/aromatic N) is 1. The van der Waals surface area contributed by atoms with Crippen molar-refractivity contribution < 1.29 is 0 Å². The van der Waals surface area contributed by atoms with Crippen molar-refractivity contribution in [2.75, 3.05) is 13.1 Å². The van der Waals surface area contributed by atoms with E-state index in [1.54, 1.807) is 0 Å². The third-order valence-corrected chi connectivity index (χ3v) is 3.41. The van der Waals surface area contributed by atoms with Gasteiger partial charge in [-0.25, -0.2) is 0 Å². The first-order valence-electron chi connectivity index (χ1n) is 5.65. The Morgan fingerprint density at radius 2 is 2.07 bits per heavy atom. The fourth-order valence-corrected chi connectivity index (χ4v) is 2.35. The van der Waals surface area contributed by atoms with Gasteiger partial charge in [0.25, 0.3) is 0 Å². The average molecular weight is 214 g/mol. The Labute approximate surface area is 92.8 Å². The molecule has 14 heavy (non-hydrogen) atoms. The van der Waals surface area contributed by atoms with E-state index in [1.165, 1.54) is 25.9 Å². The Morgan fingerprint density at radius 3 is 2.50 bits per heavy atom. The molecule has 2 nitrogen and oxygen atoms in total. The van der Waals surface area contributed by atoms with Gasteiger partial charge in [-0.05, 0) is 38.3 Å². The van der Waals surface area contributed by atoms with Crippen molar-refractivity contribution in [1.29, 1.82) is 0 Å². The molecule has 0 aromatic heterocycles. The maximum atomic E-state index is 5.61. The summed E-state index contributed by atoms with van der Waals surface area (Å²) >= 11 is 4.98. The SMILES string of the molecule is CCC(CC(N)=S)N1CCC(C)CC1. The van der Waals surface area contributed by atoms with Crippen LogP contribution in [0.1, 0.15) is 39.5 Å². The Bertz CT molecular complexity index is 186. The normalized spacial score (nSPS) is 22.1. The number of likely N-dealkylation sites (tertiary alicyclic amines) is 1. The quantitative estimate of drug-likeness (QED) is 0.727. The largest absolute Gasteiger partial charge is 0.393 e. The molecule has 1 rings (SSSR count). The van der Waals surface area contributed by atoms with Crippen molar-refractivity contribution in [2.45, 2.75) is 45.6 Å². The molecule has 0 bridgehead atoms. The van der Waals surface area contributed by atoms with Gasteiger partial charge < -0.3 is 5.73 Å². The van der Waals surface area contributed by atoms with E-state index in [0.717, 1.165) is 18.8 Å². The monoisotopic (exact) mass is 214 g/mol. The van der Waals surface area contributed by atoms with E-state index in [4.69, 9.17) is 18.0 Å². The van der Waals surface area contributed by atoms with E-state index < -0.39 is 0 Å². The second kappa shape index (κ2) is 5.66. The van der Waals surface area contributed by atoms with Crippen LogP contribution in [0.5, 0.6) is 0 Å². The molecule has 82 valence electrons. The smallest absolute Gasteiger partial charge is 0.0743 e. The maximum Gasteiger partial charge on any atom is 0.0743 e. The lowest BCUT2D eigenvalue weighted by Gasteiger charge is -2.36. The van der Waals surface area contributed by atoms with Crippen LogP contribution in [0, 0.1) is 5.92 Å². The fourth-order valence-electron chi connectivity index (χ4n) is 2.16. The van der Waals surface area contributed by atoms with Crippen LogP contribution >= 0.6 is 12.2 Å². The summed E-state index contributed by atoms with van der Waals surface area (Å²) < 4.78 is 0. The summed E-state index contributed by atoms with van der Waals surface area (Å²) in [4.78, 5) is 3.22. The molecule has 1 atom stereocenters. The molecule has 1 heterocycles. The molecule has 0 aliphatic carbocycles. The average Bonchev–Trinajstić information content (AvgIpc) is 2.15. The van der Waals surface area contributed by atoms with Crippen molar-refractivity contribution in [3.8, 4) is 0 Å². The van der Waals surface area contributed by atoms with E-state index in [9.17, 15) is 0 Å². The molecule has 0 aromatic rings. The molecule has 3 heteroatoms. The van der Waals surface area contributed by atoms with Crippen LogP contribution < -0.4 is 5.73 Å². The third-order valence-electron chi connectivity index (χ3n) is 3.24. The summed E-state index contributed by atoms with van der Waals surface area (Å²) in [5.74, 6) is 0.897. The van der Waals surface area contributed by atoms with Gasteiger partial charge in [0.2, 0.25) is 0 Å². The first-order valence-corrected chi connectivity index (χ1v) is 6.06. The minimum atomic E-state index is 0.583. The van der Waals surface area contributed by atoms with Gasteiger partial charge in [-0.3, -0.25) is 4.90 Å². The van der Waals surface area contributed by atoms with E-state index in [-0.39, 0.29) is 0 Å². The highest BCUT2D eigenvalue weighted by Crippen LogP contribution is 2.20. The van der Waals surface area contributed by atoms with Crippen molar-refractivity contribution in [3.05, 3.63) is 0 Å². The van der Waals surface area contributed by atoms with Crippen molar-refractivity contribution >= 4 is 17.2 Å². The molecule has 1 saturated heterocycles. The predicted octanol–water partition coefficient (Wildman–Crippen LogP) is 2.17. The second-order valence-corrected chi connectivity index (χ2v) is 4.98. The van der Waals surface area contributed by atoms with E-state index in [1.807, 2.05) is 0 Å². The highest BCUT2D eigenvalue weighted by Gasteiger charge is 2.22. The van der Waals surface area contributed by atoms with Gasteiger partial charge in [-0.15, -0.1) is 0 Å². The van der Waals surface area contributed by atoms with Gasteiger partial charge in [0, 0.05) is 12.5 Å². The zero-order chi connectivity index (χ0) is 10.6. The third kappa shape index (κ3) is 3.54. The van der Waals surface area contributed by atoms with Gasteiger partial charge in [0.1, 0.15) is 0 Å². The molecular formula is C11H22N2S. The predicted molar refractivity (Wildman–Crippen MR) is 65.5 cm³/mol. The number of piperidine rings is 1. The molecule has 1 unspecified atom stereocenters. The molecule has 0 radical (unpaired) electrons. The topological polar surface area (TPSA) is 29.3 Å². The highest BCUT2D eigenvalue weighted by atomic mass is 32.1. The molecular weight excluding hydrogens is 192 g/mol. The lowest BCUT2D eigenvalue weighted by molar-refractivity contribution is 0.137. The Morgan fingerprint density at radius 1 is 1.50 bits per heavy atom. The van der Waals surface area contributed by atoms with Crippen LogP contribution in [-0.4, -0.2) is 29.0 Å². The van der Waals surface area contributed by atoms with Crippen LogP contribution in [0.4, 0.5) is 0 Å². The summed E-state index contributed by atoms with van der Waals surface area (Å²) in [5.41, 5.74) is 5.61. The summed E-state index contributed by atoms with van der Waals surface area (Å²) in [6, 6.07) is 0.583. The van der Waals surface area contributed by atoms with Gasteiger partial charge in [-0.2, -0.15) is 0 Å². The molecule has 1 aliphatic rings. The molecule has 2 N–H and O–H groups in total. The van der Waals surface area contributed by atoms with Crippen molar-refractivity contribution in [1.82, 2.24) is 4.90 Å². The zero-order valence-corrected chi connectivity index (χ0v) is 10.1. The molecule has 0 amide bonds. The standard InChI is InChI=1S/C11H22N2S/c1-3-10(8-11(12)14)13-6-4-9(2)5-7-13/h9-10H,3-8H2,1-2H3,(H2,12,14). The zero-order valence-electron chi connectivity index (χ0n) is 9.33. The number of hydrogen-bond acceptors (Lipinski definition) is 2. The van der Waals surface area contributed by atoms with Crippen LogP contribution in [0.25, 0.3) is 0 Å². The van der Waals surface area contributed by atoms with Crippen LogP contribution in [-0.2, 0) is 0 Å². The maximum absolute atomic E-state index is 5.61. The van der Waals surface area contributed by atoms with Gasteiger partial charge in [0.15, 0.2) is 0 Å². The number of thiocarbonyl (C=S) groups is 1. The summed E-state index contributed by atoms with van der Waals surface area (Å²) in [6.07, 6.45) is 4.70. The fraction of sp³-hybridized carbons (Fsp3) is 0.909. The number of hydrogen-bond donors (Lipinski definition) is 1. The number of rotatable bonds is 4.